The van der Waals surface area contributed by atoms with Crippen LogP contribution in [0.5, 0.6) is 5.75 Å². The van der Waals surface area contributed by atoms with Gasteiger partial charge in [-0.25, -0.2) is 0 Å². The largest absolute Gasteiger partial charge is 0.496 e. The molecule has 0 bridgehead atoms. The summed E-state index contributed by atoms with van der Waals surface area (Å²) in [4.78, 5) is 8.55. The Hall–Kier alpha value is -2.16. The summed E-state index contributed by atoms with van der Waals surface area (Å²) in [7, 11) is 1.69. The molecule has 1 heterocycles. The molecule has 0 aliphatic carbocycles. The molecule has 3 nitrogen and oxygen atoms in total. The highest BCUT2D eigenvalue weighted by molar-refractivity contribution is 5.76. The van der Waals surface area contributed by atoms with Crippen molar-refractivity contribution < 1.29 is 4.74 Å². The van der Waals surface area contributed by atoms with Crippen molar-refractivity contribution in [3.63, 3.8) is 0 Å². The fraction of sp³-hybridized carbons (Fsp3) is 0.200. The van der Waals surface area contributed by atoms with Gasteiger partial charge in [0.05, 0.1) is 12.8 Å². The molecule has 0 aliphatic rings. The summed E-state index contributed by atoms with van der Waals surface area (Å²) in [6.07, 6.45) is 4.43. The molecule has 1 aromatic heterocycles. The first-order valence-corrected chi connectivity index (χ1v) is 5.93. The van der Waals surface area contributed by atoms with Crippen molar-refractivity contribution in [2.75, 3.05) is 13.7 Å². The van der Waals surface area contributed by atoms with E-state index in [1.54, 1.807) is 19.5 Å². The van der Waals surface area contributed by atoms with Gasteiger partial charge in [0.1, 0.15) is 5.75 Å². The lowest BCUT2D eigenvalue weighted by atomic mass is 10.1. The number of hydrogen-bond acceptors (Lipinski definition) is 3. The fourth-order valence-electron chi connectivity index (χ4n) is 1.70. The maximum atomic E-state index is 5.30. The Balaban J connectivity index is 1.91. The van der Waals surface area contributed by atoms with Crippen molar-refractivity contribution in [3.05, 3.63) is 59.9 Å². The number of rotatable bonds is 5. The molecule has 0 aliphatic heterocycles. The molecule has 18 heavy (non-hydrogen) atoms. The van der Waals surface area contributed by atoms with E-state index in [1.165, 1.54) is 5.56 Å². The monoisotopic (exact) mass is 240 g/mol. The zero-order valence-corrected chi connectivity index (χ0v) is 10.4. The summed E-state index contributed by atoms with van der Waals surface area (Å²) < 4.78 is 5.30. The van der Waals surface area contributed by atoms with Crippen molar-refractivity contribution in [1.82, 2.24) is 4.98 Å². The van der Waals surface area contributed by atoms with E-state index in [2.05, 4.69) is 16.0 Å². The third-order valence-corrected chi connectivity index (χ3v) is 2.61. The number of aromatic nitrogens is 1. The number of benzene rings is 1. The quantitative estimate of drug-likeness (QED) is 0.753. The van der Waals surface area contributed by atoms with Gasteiger partial charge >= 0.3 is 0 Å². The topological polar surface area (TPSA) is 34.5 Å². The van der Waals surface area contributed by atoms with Gasteiger partial charge in [-0.3, -0.25) is 9.98 Å². The van der Waals surface area contributed by atoms with Gasteiger partial charge in [0.2, 0.25) is 0 Å². The van der Waals surface area contributed by atoms with Gasteiger partial charge in [-0.1, -0.05) is 24.3 Å². The summed E-state index contributed by atoms with van der Waals surface area (Å²) in [5.74, 6) is 0.922. The Labute approximate surface area is 107 Å². The Morgan fingerprint density at radius 3 is 2.78 bits per heavy atom. The van der Waals surface area contributed by atoms with Gasteiger partial charge in [-0.05, 0) is 30.2 Å². The molecule has 0 spiro atoms. The number of ether oxygens (including phenoxy) is 1. The average Bonchev–Trinajstić information content (AvgIpc) is 2.45. The van der Waals surface area contributed by atoms with Crippen LogP contribution in [0.15, 0.2) is 53.7 Å². The average molecular weight is 240 g/mol. The number of hydrogen-bond donors (Lipinski definition) is 0. The van der Waals surface area contributed by atoms with Crippen LogP contribution >= 0.6 is 0 Å². The molecular weight excluding hydrogens is 224 g/mol. The van der Waals surface area contributed by atoms with Crippen molar-refractivity contribution in [3.8, 4) is 5.75 Å². The summed E-state index contributed by atoms with van der Waals surface area (Å²) in [6, 6.07) is 13.8. The maximum Gasteiger partial charge on any atom is 0.122 e. The molecule has 0 saturated heterocycles. The molecule has 0 amide bonds. The Morgan fingerprint density at radius 2 is 2.00 bits per heavy atom. The van der Waals surface area contributed by atoms with Crippen LogP contribution in [0.4, 0.5) is 0 Å². The van der Waals surface area contributed by atoms with Crippen LogP contribution in [-0.4, -0.2) is 24.9 Å². The molecule has 0 fully saturated rings. The third-order valence-electron chi connectivity index (χ3n) is 2.61. The van der Waals surface area contributed by atoms with E-state index in [0.717, 1.165) is 24.4 Å². The number of pyridine rings is 1. The van der Waals surface area contributed by atoms with Gasteiger partial charge in [-0.2, -0.15) is 0 Å². The van der Waals surface area contributed by atoms with Gasteiger partial charge in [0, 0.05) is 19.0 Å². The highest BCUT2D eigenvalue weighted by atomic mass is 16.5. The van der Waals surface area contributed by atoms with Crippen LogP contribution in [0.25, 0.3) is 0 Å². The lowest BCUT2D eigenvalue weighted by Gasteiger charge is -2.05. The van der Waals surface area contributed by atoms with E-state index in [-0.39, 0.29) is 0 Å². The Morgan fingerprint density at radius 1 is 1.17 bits per heavy atom. The van der Waals surface area contributed by atoms with E-state index in [1.807, 2.05) is 36.4 Å². The maximum absolute atomic E-state index is 5.30. The molecule has 2 rings (SSSR count). The van der Waals surface area contributed by atoms with Crippen LogP contribution in [0, 0.1) is 0 Å². The zero-order valence-electron chi connectivity index (χ0n) is 10.4. The third kappa shape index (κ3) is 3.42. The summed E-state index contributed by atoms with van der Waals surface area (Å²) >= 11 is 0. The first-order chi connectivity index (χ1) is 8.90. The molecule has 0 atom stereocenters. The highest BCUT2D eigenvalue weighted by Gasteiger charge is 1.99. The van der Waals surface area contributed by atoms with Gasteiger partial charge in [-0.15, -0.1) is 0 Å². The number of methoxy groups -OCH3 is 1. The number of nitrogens with zero attached hydrogens (tertiary/aromatic N) is 2. The smallest absolute Gasteiger partial charge is 0.122 e. The minimum absolute atomic E-state index is 0.733. The molecule has 3 heteroatoms. The van der Waals surface area contributed by atoms with Crippen LogP contribution in [0.3, 0.4) is 0 Å². The van der Waals surface area contributed by atoms with Gasteiger partial charge < -0.3 is 4.74 Å². The second-order valence-corrected chi connectivity index (χ2v) is 3.85. The standard InChI is InChI=1S/C15H16N2O/c1-18-15-8-3-2-6-13(15)9-11-16-12-14-7-4-5-10-17-14/h2-8,10,12H,9,11H2,1H3. The summed E-state index contributed by atoms with van der Waals surface area (Å²) in [5, 5.41) is 0. The molecular formula is C15H16N2O. The summed E-state index contributed by atoms with van der Waals surface area (Å²) in [6.45, 7) is 0.733. The summed E-state index contributed by atoms with van der Waals surface area (Å²) in [5.41, 5.74) is 2.07. The van der Waals surface area contributed by atoms with Crippen molar-refractivity contribution in [2.24, 2.45) is 4.99 Å². The second kappa shape index (κ2) is 6.55. The number of aliphatic imine (C=N–C) groups is 1. The highest BCUT2D eigenvalue weighted by Crippen LogP contribution is 2.17. The molecule has 0 saturated carbocycles. The second-order valence-electron chi connectivity index (χ2n) is 3.85. The van der Waals surface area contributed by atoms with E-state index >= 15 is 0 Å². The minimum Gasteiger partial charge on any atom is -0.496 e. The van der Waals surface area contributed by atoms with Crippen LogP contribution in [-0.2, 0) is 6.42 Å². The van der Waals surface area contributed by atoms with E-state index in [9.17, 15) is 0 Å². The van der Waals surface area contributed by atoms with Crippen molar-refractivity contribution >= 4 is 6.21 Å². The van der Waals surface area contributed by atoms with Crippen LogP contribution < -0.4 is 4.74 Å². The molecule has 0 radical (unpaired) electrons. The Bertz CT molecular complexity index is 509. The molecule has 0 unspecified atom stereocenters. The van der Waals surface area contributed by atoms with Crippen LogP contribution in [0.2, 0.25) is 0 Å². The minimum atomic E-state index is 0.733. The van der Waals surface area contributed by atoms with E-state index in [0.29, 0.717) is 0 Å². The van der Waals surface area contributed by atoms with Crippen LogP contribution in [0.1, 0.15) is 11.3 Å². The molecule has 0 N–H and O–H groups in total. The predicted octanol–water partition coefficient (Wildman–Crippen LogP) is 2.75. The normalized spacial score (nSPS) is 10.7. The molecule has 92 valence electrons. The SMILES string of the molecule is COc1ccccc1CCN=Cc1ccccn1. The fourth-order valence-corrected chi connectivity index (χ4v) is 1.70. The molecule has 2 aromatic rings. The zero-order chi connectivity index (χ0) is 12.6. The van der Waals surface area contributed by atoms with Crippen molar-refractivity contribution in [1.29, 1.82) is 0 Å². The van der Waals surface area contributed by atoms with Gasteiger partial charge in [0.25, 0.3) is 0 Å². The lowest BCUT2D eigenvalue weighted by molar-refractivity contribution is 0.410. The lowest BCUT2D eigenvalue weighted by Crippen LogP contribution is -1.95. The van der Waals surface area contributed by atoms with Crippen molar-refractivity contribution in [2.45, 2.75) is 6.42 Å². The molecule has 1 aromatic carbocycles. The van der Waals surface area contributed by atoms with E-state index < -0.39 is 0 Å². The first-order valence-electron chi connectivity index (χ1n) is 5.93. The first kappa shape index (κ1) is 12.3. The Kier molecular flexibility index (Phi) is 4.47. The number of para-hydroxylation sites is 1. The van der Waals surface area contributed by atoms with Gasteiger partial charge in [0.15, 0.2) is 0 Å². The predicted molar refractivity (Wildman–Crippen MR) is 73.4 cm³/mol. The van der Waals surface area contributed by atoms with E-state index in [4.69, 9.17) is 4.74 Å².